The Morgan fingerprint density at radius 2 is 0.967 bits per heavy atom. The highest BCUT2D eigenvalue weighted by molar-refractivity contribution is 5.76. The van der Waals surface area contributed by atoms with E-state index in [1.54, 1.807) is 68.4 Å². The van der Waals surface area contributed by atoms with E-state index in [-0.39, 0.29) is 37.7 Å². The Bertz CT molecular complexity index is 772. The number of carbonyl (C=O) groups is 3. The van der Waals surface area contributed by atoms with E-state index in [2.05, 4.69) is 0 Å². The summed E-state index contributed by atoms with van der Waals surface area (Å²) in [7, 11) is 0. The van der Waals surface area contributed by atoms with Crippen LogP contribution in [0.15, 0.2) is 18.2 Å². The highest BCUT2D eigenvalue weighted by Crippen LogP contribution is 2.22. The molecule has 0 atom stereocenters. The Morgan fingerprint density at radius 1 is 0.600 bits per heavy atom. The van der Waals surface area contributed by atoms with Crippen LogP contribution >= 0.6 is 0 Å². The van der Waals surface area contributed by atoms with Crippen molar-refractivity contribution in [1.29, 1.82) is 0 Å². The minimum absolute atomic E-state index is 0.0412. The molecule has 0 saturated heterocycles. The van der Waals surface area contributed by atoms with E-state index in [1.807, 2.05) is 12.1 Å². The summed E-state index contributed by atoms with van der Waals surface area (Å²) >= 11 is 0. The fraction of sp³-hybridized carbons (Fsp3) is 0.625. The monoisotopic (exact) mass is 420 g/mol. The van der Waals surface area contributed by atoms with Gasteiger partial charge in [-0.2, -0.15) is 0 Å². The number of rotatable bonds is 6. The van der Waals surface area contributed by atoms with Crippen molar-refractivity contribution >= 4 is 17.9 Å². The summed E-state index contributed by atoms with van der Waals surface area (Å²) in [6, 6.07) is 5.42. The van der Waals surface area contributed by atoms with Crippen LogP contribution in [0.5, 0.6) is 0 Å². The smallest absolute Gasteiger partial charge is 0.311 e. The van der Waals surface area contributed by atoms with Crippen molar-refractivity contribution in [2.24, 2.45) is 16.2 Å². The van der Waals surface area contributed by atoms with Crippen molar-refractivity contribution in [3.05, 3.63) is 34.9 Å². The molecule has 0 aromatic heterocycles. The minimum Gasteiger partial charge on any atom is -0.460 e. The van der Waals surface area contributed by atoms with Crippen LogP contribution in [0.25, 0.3) is 0 Å². The van der Waals surface area contributed by atoms with E-state index >= 15 is 0 Å². The van der Waals surface area contributed by atoms with Crippen LogP contribution in [0, 0.1) is 16.2 Å². The van der Waals surface area contributed by atoms with Crippen LogP contribution in [-0.4, -0.2) is 17.9 Å². The fourth-order valence-electron chi connectivity index (χ4n) is 2.13. The maximum absolute atomic E-state index is 12.2. The number of esters is 3. The van der Waals surface area contributed by atoms with Crippen LogP contribution in [-0.2, 0) is 48.4 Å². The van der Waals surface area contributed by atoms with Crippen LogP contribution in [0.4, 0.5) is 0 Å². The Morgan fingerprint density at radius 3 is 1.37 bits per heavy atom. The van der Waals surface area contributed by atoms with Gasteiger partial charge in [0.2, 0.25) is 0 Å². The Hall–Kier alpha value is -2.37. The van der Waals surface area contributed by atoms with Gasteiger partial charge in [-0.1, -0.05) is 12.1 Å². The standard InChI is InChI=1S/C24H36O6/c1-22(2,3)19(25)28-13-16-10-11-17(14-29-20(26)23(4,5)6)18(12-16)15-30-21(27)24(7,8)9/h10-12H,13-15H2,1-9H3. The Labute approximate surface area is 180 Å². The second-order valence-corrected chi connectivity index (χ2v) is 10.6. The maximum atomic E-state index is 12.2. The molecule has 0 N–H and O–H groups in total. The van der Waals surface area contributed by atoms with Gasteiger partial charge in [-0.15, -0.1) is 0 Å². The van der Waals surface area contributed by atoms with Gasteiger partial charge in [-0.25, -0.2) is 0 Å². The lowest BCUT2D eigenvalue weighted by molar-refractivity contribution is -0.155. The lowest BCUT2D eigenvalue weighted by atomic mass is 9.97. The zero-order chi connectivity index (χ0) is 23.3. The average Bonchev–Trinajstić information content (AvgIpc) is 2.60. The number of hydrogen-bond donors (Lipinski definition) is 0. The van der Waals surface area contributed by atoms with Gasteiger partial charge in [0.1, 0.15) is 19.8 Å². The van der Waals surface area contributed by atoms with Crippen LogP contribution in [0.3, 0.4) is 0 Å². The molecule has 0 aliphatic rings. The molecule has 6 heteroatoms. The normalized spacial score (nSPS) is 12.3. The maximum Gasteiger partial charge on any atom is 0.311 e. The number of hydrogen-bond acceptors (Lipinski definition) is 6. The summed E-state index contributed by atoms with van der Waals surface area (Å²) in [4.78, 5) is 36.3. The topological polar surface area (TPSA) is 78.9 Å². The van der Waals surface area contributed by atoms with Crippen molar-refractivity contribution in [2.75, 3.05) is 0 Å². The highest BCUT2D eigenvalue weighted by atomic mass is 16.5. The molecule has 0 bridgehead atoms. The third-order valence-electron chi connectivity index (χ3n) is 4.20. The number of benzene rings is 1. The Kier molecular flexibility index (Phi) is 8.24. The molecule has 1 rings (SSSR count). The molecular formula is C24H36O6. The summed E-state index contributed by atoms with van der Waals surface area (Å²) in [6.07, 6.45) is 0. The summed E-state index contributed by atoms with van der Waals surface area (Å²) in [5, 5.41) is 0. The SMILES string of the molecule is CC(C)(C)C(=O)OCc1ccc(COC(=O)C(C)(C)C)c(COC(=O)C(C)(C)C)c1. The van der Waals surface area contributed by atoms with Gasteiger partial charge in [0.25, 0.3) is 0 Å². The van der Waals surface area contributed by atoms with Crippen molar-refractivity contribution in [2.45, 2.75) is 82.1 Å². The zero-order valence-corrected chi connectivity index (χ0v) is 19.8. The van der Waals surface area contributed by atoms with Crippen LogP contribution in [0.1, 0.15) is 79.0 Å². The molecule has 0 unspecified atom stereocenters. The predicted octanol–water partition coefficient (Wildman–Crippen LogP) is 4.95. The van der Waals surface area contributed by atoms with Gasteiger partial charge in [-0.3, -0.25) is 14.4 Å². The average molecular weight is 421 g/mol. The van der Waals surface area contributed by atoms with Gasteiger partial charge in [0, 0.05) is 0 Å². The zero-order valence-electron chi connectivity index (χ0n) is 19.8. The molecule has 0 fully saturated rings. The van der Waals surface area contributed by atoms with Crippen molar-refractivity contribution in [1.82, 2.24) is 0 Å². The molecule has 0 aliphatic carbocycles. The van der Waals surface area contributed by atoms with Gasteiger partial charge < -0.3 is 14.2 Å². The summed E-state index contributed by atoms with van der Waals surface area (Å²) in [6.45, 7) is 16.3. The summed E-state index contributed by atoms with van der Waals surface area (Å²) in [5.74, 6) is -0.945. The lowest BCUT2D eigenvalue weighted by Gasteiger charge is -2.20. The number of ether oxygens (including phenoxy) is 3. The molecule has 1 aromatic carbocycles. The molecule has 0 heterocycles. The molecular weight excluding hydrogens is 384 g/mol. The van der Waals surface area contributed by atoms with E-state index in [1.165, 1.54) is 0 Å². The van der Waals surface area contributed by atoms with E-state index < -0.39 is 16.2 Å². The quantitative estimate of drug-likeness (QED) is 0.478. The molecule has 0 amide bonds. The molecule has 0 radical (unpaired) electrons. The van der Waals surface area contributed by atoms with Crippen molar-refractivity contribution in [3.8, 4) is 0 Å². The molecule has 6 nitrogen and oxygen atoms in total. The molecule has 0 saturated carbocycles. The highest BCUT2D eigenvalue weighted by Gasteiger charge is 2.26. The van der Waals surface area contributed by atoms with Crippen molar-refractivity contribution < 1.29 is 28.6 Å². The van der Waals surface area contributed by atoms with Crippen molar-refractivity contribution in [3.63, 3.8) is 0 Å². The molecule has 0 aliphatic heterocycles. The number of carbonyl (C=O) groups excluding carboxylic acids is 3. The third kappa shape index (κ3) is 8.17. The molecule has 0 spiro atoms. The van der Waals surface area contributed by atoms with Gasteiger partial charge in [0.15, 0.2) is 0 Å². The van der Waals surface area contributed by atoms with Crippen LogP contribution in [0.2, 0.25) is 0 Å². The third-order valence-corrected chi connectivity index (χ3v) is 4.20. The Balaban J connectivity index is 3.01. The molecule has 30 heavy (non-hydrogen) atoms. The van der Waals surface area contributed by atoms with Gasteiger partial charge in [0.05, 0.1) is 16.2 Å². The second kappa shape index (κ2) is 9.63. The van der Waals surface area contributed by atoms with E-state index in [4.69, 9.17) is 14.2 Å². The van der Waals surface area contributed by atoms with Crippen LogP contribution < -0.4 is 0 Å². The van der Waals surface area contributed by atoms with E-state index in [0.717, 1.165) is 11.1 Å². The first-order valence-corrected chi connectivity index (χ1v) is 10.1. The van der Waals surface area contributed by atoms with Gasteiger partial charge in [-0.05, 0) is 85.1 Å². The lowest BCUT2D eigenvalue weighted by Crippen LogP contribution is -2.24. The first-order chi connectivity index (χ1) is 13.5. The summed E-state index contributed by atoms with van der Waals surface area (Å²) < 4.78 is 16.3. The first-order valence-electron chi connectivity index (χ1n) is 10.1. The first kappa shape index (κ1) is 25.7. The largest absolute Gasteiger partial charge is 0.460 e. The summed E-state index contributed by atoms with van der Waals surface area (Å²) in [5.41, 5.74) is 0.379. The molecule has 1 aromatic rings. The van der Waals surface area contributed by atoms with E-state index in [9.17, 15) is 14.4 Å². The fourth-order valence-corrected chi connectivity index (χ4v) is 2.13. The molecule has 168 valence electrons. The van der Waals surface area contributed by atoms with Gasteiger partial charge >= 0.3 is 17.9 Å². The van der Waals surface area contributed by atoms with E-state index in [0.29, 0.717) is 5.56 Å². The second-order valence-electron chi connectivity index (χ2n) is 10.6. The predicted molar refractivity (Wildman–Crippen MR) is 114 cm³/mol. The minimum atomic E-state index is -0.626.